The highest BCUT2D eigenvalue weighted by molar-refractivity contribution is 6.30. The molecule has 7 nitrogen and oxygen atoms in total. The van der Waals surface area contributed by atoms with Crippen LogP contribution >= 0.6 is 11.6 Å². The summed E-state index contributed by atoms with van der Waals surface area (Å²) in [6.07, 6.45) is 5.17. The Labute approximate surface area is 183 Å². The summed E-state index contributed by atoms with van der Waals surface area (Å²) in [4.78, 5) is 28.4. The van der Waals surface area contributed by atoms with Crippen LogP contribution in [0.15, 0.2) is 36.7 Å². The maximum Gasteiger partial charge on any atom is 0.223 e. The van der Waals surface area contributed by atoms with Gasteiger partial charge in [0.25, 0.3) is 0 Å². The maximum absolute atomic E-state index is 12.7. The Morgan fingerprint density at radius 1 is 1.03 bits per heavy atom. The number of nitrogens with one attached hydrogen (secondary N) is 1. The molecular weight excluding hydrogens is 400 g/mol. The summed E-state index contributed by atoms with van der Waals surface area (Å²) < 4.78 is 0. The Bertz CT molecular complexity index is 845. The number of carbonyl (C=O) groups excluding carboxylic acids is 1. The number of piperidine rings is 1. The number of nitrogens with zero attached hydrogens (tertiary/aromatic N) is 5. The van der Waals surface area contributed by atoms with Crippen LogP contribution in [0, 0.1) is 5.92 Å². The molecule has 0 saturated carbocycles. The summed E-state index contributed by atoms with van der Waals surface area (Å²) in [7, 11) is 2.15. The number of anilines is 2. The standard InChI is InChI=1S/C22H29ClN6O/c1-27-10-12-29(13-11-27)21-14-17(4-7-24-21)15-26-22(30)18-5-8-28(9-6-18)20-3-2-19(23)16-25-20/h2-4,7,14,16,18H,5-6,8-13,15H2,1H3,(H,26,30). The van der Waals surface area contributed by atoms with Crippen LogP contribution in [0.5, 0.6) is 0 Å². The predicted molar refractivity (Wildman–Crippen MR) is 120 cm³/mol. The van der Waals surface area contributed by atoms with Gasteiger partial charge in [-0.15, -0.1) is 0 Å². The SMILES string of the molecule is CN1CCN(c2cc(CNC(=O)C3CCN(c4ccc(Cl)cn4)CC3)ccn2)CC1. The minimum atomic E-state index is 0.0486. The lowest BCUT2D eigenvalue weighted by Crippen LogP contribution is -2.44. The van der Waals surface area contributed by atoms with Crippen LogP contribution in [-0.2, 0) is 11.3 Å². The normalized spacial score (nSPS) is 18.5. The number of aromatic nitrogens is 2. The van der Waals surface area contributed by atoms with Crippen molar-refractivity contribution in [1.29, 1.82) is 0 Å². The van der Waals surface area contributed by atoms with Gasteiger partial charge in [-0.25, -0.2) is 9.97 Å². The molecule has 0 spiro atoms. The van der Waals surface area contributed by atoms with E-state index >= 15 is 0 Å². The molecule has 1 amide bonds. The molecule has 2 saturated heterocycles. The minimum Gasteiger partial charge on any atom is -0.357 e. The van der Waals surface area contributed by atoms with E-state index in [2.05, 4.69) is 43.1 Å². The van der Waals surface area contributed by atoms with Crippen molar-refractivity contribution in [3.63, 3.8) is 0 Å². The van der Waals surface area contributed by atoms with Crippen molar-refractivity contribution in [2.24, 2.45) is 5.92 Å². The maximum atomic E-state index is 12.7. The van der Waals surface area contributed by atoms with Crippen LogP contribution in [0.2, 0.25) is 5.02 Å². The summed E-state index contributed by atoms with van der Waals surface area (Å²) in [5.74, 6) is 2.11. The van der Waals surface area contributed by atoms with Crippen molar-refractivity contribution in [3.8, 4) is 0 Å². The first-order chi connectivity index (χ1) is 14.6. The molecule has 2 fully saturated rings. The van der Waals surface area contributed by atoms with Gasteiger partial charge in [0, 0.05) is 64.1 Å². The molecule has 2 aliphatic heterocycles. The molecular formula is C22H29ClN6O. The number of halogens is 1. The number of amides is 1. The number of carbonyl (C=O) groups is 1. The van der Waals surface area contributed by atoms with Crippen LogP contribution in [-0.4, -0.2) is 67.1 Å². The van der Waals surface area contributed by atoms with E-state index in [9.17, 15) is 4.79 Å². The molecule has 0 aliphatic carbocycles. The fraction of sp³-hybridized carbons (Fsp3) is 0.500. The third-order valence-corrected chi connectivity index (χ3v) is 6.23. The first-order valence-electron chi connectivity index (χ1n) is 10.6. The second kappa shape index (κ2) is 9.62. The summed E-state index contributed by atoms with van der Waals surface area (Å²) in [6, 6.07) is 7.87. The summed E-state index contributed by atoms with van der Waals surface area (Å²) >= 11 is 5.92. The Morgan fingerprint density at radius 3 is 2.47 bits per heavy atom. The van der Waals surface area contributed by atoms with Gasteiger partial charge in [-0.1, -0.05) is 11.6 Å². The third-order valence-electron chi connectivity index (χ3n) is 6.01. The molecule has 1 N–H and O–H groups in total. The van der Waals surface area contributed by atoms with Gasteiger partial charge in [-0.3, -0.25) is 4.79 Å². The monoisotopic (exact) mass is 428 g/mol. The van der Waals surface area contributed by atoms with Crippen molar-refractivity contribution < 1.29 is 4.79 Å². The molecule has 8 heteroatoms. The lowest BCUT2D eigenvalue weighted by molar-refractivity contribution is -0.125. The molecule has 0 bridgehead atoms. The predicted octanol–water partition coefficient (Wildman–Crippen LogP) is 2.41. The molecule has 0 radical (unpaired) electrons. The fourth-order valence-corrected chi connectivity index (χ4v) is 4.15. The first-order valence-corrected chi connectivity index (χ1v) is 11.0. The lowest BCUT2D eigenvalue weighted by Gasteiger charge is -2.33. The largest absolute Gasteiger partial charge is 0.357 e. The smallest absolute Gasteiger partial charge is 0.223 e. The molecule has 0 atom stereocenters. The van der Waals surface area contributed by atoms with E-state index in [1.54, 1.807) is 6.20 Å². The van der Waals surface area contributed by atoms with Crippen molar-refractivity contribution >= 4 is 29.1 Å². The van der Waals surface area contributed by atoms with Crippen molar-refractivity contribution in [2.45, 2.75) is 19.4 Å². The molecule has 2 aromatic heterocycles. The number of pyridine rings is 2. The number of rotatable bonds is 5. The Morgan fingerprint density at radius 2 is 1.77 bits per heavy atom. The van der Waals surface area contributed by atoms with Crippen LogP contribution < -0.4 is 15.1 Å². The Kier molecular flexibility index (Phi) is 6.69. The summed E-state index contributed by atoms with van der Waals surface area (Å²) in [6.45, 7) is 6.27. The van der Waals surface area contributed by atoms with Gasteiger partial charge < -0.3 is 20.0 Å². The van der Waals surface area contributed by atoms with E-state index in [1.807, 2.05) is 24.4 Å². The van der Waals surface area contributed by atoms with Gasteiger partial charge in [0.05, 0.1) is 5.02 Å². The minimum absolute atomic E-state index is 0.0486. The van der Waals surface area contributed by atoms with Gasteiger partial charge in [-0.2, -0.15) is 0 Å². The quantitative estimate of drug-likeness (QED) is 0.789. The zero-order valence-electron chi connectivity index (χ0n) is 17.4. The zero-order valence-corrected chi connectivity index (χ0v) is 18.2. The molecule has 4 heterocycles. The van der Waals surface area contributed by atoms with Gasteiger partial charge in [0.1, 0.15) is 11.6 Å². The van der Waals surface area contributed by atoms with Gasteiger partial charge >= 0.3 is 0 Å². The van der Waals surface area contributed by atoms with Gasteiger partial charge in [0.15, 0.2) is 0 Å². The average molecular weight is 429 g/mol. The van der Waals surface area contributed by atoms with E-state index in [0.29, 0.717) is 11.6 Å². The molecule has 4 rings (SSSR count). The topological polar surface area (TPSA) is 64.6 Å². The van der Waals surface area contributed by atoms with Crippen molar-refractivity contribution in [2.75, 3.05) is 56.1 Å². The van der Waals surface area contributed by atoms with E-state index in [0.717, 1.165) is 69.3 Å². The molecule has 160 valence electrons. The van der Waals surface area contributed by atoms with Crippen LogP contribution in [0.1, 0.15) is 18.4 Å². The lowest BCUT2D eigenvalue weighted by atomic mass is 9.96. The first kappa shape index (κ1) is 20.9. The highest BCUT2D eigenvalue weighted by Gasteiger charge is 2.25. The van der Waals surface area contributed by atoms with Crippen molar-refractivity contribution in [1.82, 2.24) is 20.2 Å². The Hall–Kier alpha value is -2.38. The number of hydrogen-bond acceptors (Lipinski definition) is 6. The third kappa shape index (κ3) is 5.21. The van der Waals surface area contributed by atoms with Gasteiger partial charge in [0.2, 0.25) is 5.91 Å². The summed E-state index contributed by atoms with van der Waals surface area (Å²) in [5, 5.41) is 3.76. The van der Waals surface area contributed by atoms with Crippen LogP contribution in [0.3, 0.4) is 0 Å². The van der Waals surface area contributed by atoms with E-state index in [4.69, 9.17) is 11.6 Å². The van der Waals surface area contributed by atoms with Crippen LogP contribution in [0.4, 0.5) is 11.6 Å². The molecule has 30 heavy (non-hydrogen) atoms. The molecule has 2 aliphatic rings. The molecule has 0 unspecified atom stereocenters. The fourth-order valence-electron chi connectivity index (χ4n) is 4.04. The highest BCUT2D eigenvalue weighted by atomic mass is 35.5. The zero-order chi connectivity index (χ0) is 20.9. The summed E-state index contributed by atoms with van der Waals surface area (Å²) in [5.41, 5.74) is 1.09. The second-order valence-corrected chi connectivity index (χ2v) is 8.56. The second-order valence-electron chi connectivity index (χ2n) is 8.13. The van der Waals surface area contributed by atoms with E-state index < -0.39 is 0 Å². The van der Waals surface area contributed by atoms with E-state index in [-0.39, 0.29) is 11.8 Å². The van der Waals surface area contributed by atoms with E-state index in [1.165, 1.54) is 0 Å². The van der Waals surface area contributed by atoms with Gasteiger partial charge in [-0.05, 0) is 49.7 Å². The number of hydrogen-bond donors (Lipinski definition) is 1. The molecule has 2 aromatic rings. The Balaban J connectivity index is 1.26. The van der Waals surface area contributed by atoms with Crippen molar-refractivity contribution in [3.05, 3.63) is 47.2 Å². The number of piperazine rings is 1. The van der Waals surface area contributed by atoms with Crippen LogP contribution in [0.25, 0.3) is 0 Å². The highest BCUT2D eigenvalue weighted by Crippen LogP contribution is 2.23. The average Bonchev–Trinajstić information content (AvgIpc) is 2.79. The molecule has 0 aromatic carbocycles. The number of likely N-dealkylation sites (N-methyl/N-ethyl adjacent to an activating group) is 1.